The highest BCUT2D eigenvalue weighted by Crippen LogP contribution is 2.36. The zero-order valence-electron chi connectivity index (χ0n) is 15.3. The van der Waals surface area contributed by atoms with Crippen LogP contribution in [0.4, 0.5) is 0 Å². The Hall–Kier alpha value is -2.21. The molecule has 0 atom stereocenters. The van der Waals surface area contributed by atoms with Crippen LogP contribution in [0.15, 0.2) is 42.6 Å². The summed E-state index contributed by atoms with van der Waals surface area (Å²) in [6.45, 7) is 2.58. The molecule has 3 rings (SSSR count). The lowest BCUT2D eigenvalue weighted by atomic mass is 10.1. The van der Waals surface area contributed by atoms with E-state index in [0.29, 0.717) is 32.9 Å². The quantitative estimate of drug-likeness (QED) is 0.575. The molecular weight excluding hydrogens is 421 g/mol. The first-order valence-electron chi connectivity index (χ1n) is 8.47. The number of carbonyl (C=O) groups excluding carboxylic acids is 1. The monoisotopic (exact) mass is 437 g/mol. The molecule has 1 heterocycles. The summed E-state index contributed by atoms with van der Waals surface area (Å²) in [6.07, 6.45) is 1.75. The second kappa shape index (κ2) is 8.86. The summed E-state index contributed by atoms with van der Waals surface area (Å²) >= 11 is 18.2. The molecule has 0 saturated carbocycles. The number of aromatic nitrogens is 2. The average Bonchev–Trinajstić information content (AvgIpc) is 2.97. The predicted octanol–water partition coefficient (Wildman–Crippen LogP) is 5.20. The molecule has 8 heteroatoms. The Morgan fingerprint density at radius 3 is 2.54 bits per heavy atom. The van der Waals surface area contributed by atoms with E-state index >= 15 is 0 Å². The molecule has 0 fully saturated rings. The molecule has 2 aromatic carbocycles. The van der Waals surface area contributed by atoms with Crippen LogP contribution in [0.1, 0.15) is 27.2 Å². The fourth-order valence-electron chi connectivity index (χ4n) is 2.62. The minimum Gasteiger partial charge on any atom is -0.486 e. The van der Waals surface area contributed by atoms with Crippen molar-refractivity contribution < 1.29 is 9.53 Å². The maximum atomic E-state index is 12.5. The van der Waals surface area contributed by atoms with Gasteiger partial charge in [-0.1, -0.05) is 46.9 Å². The fourth-order valence-corrected chi connectivity index (χ4v) is 3.55. The maximum Gasteiger partial charge on any atom is 0.251 e. The van der Waals surface area contributed by atoms with E-state index in [-0.39, 0.29) is 12.5 Å². The number of hydrogen-bond acceptors (Lipinski definition) is 3. The third-order valence-electron chi connectivity index (χ3n) is 4.31. The normalized spacial score (nSPS) is 10.8. The number of halogens is 3. The van der Waals surface area contributed by atoms with Gasteiger partial charge in [-0.15, -0.1) is 0 Å². The summed E-state index contributed by atoms with van der Waals surface area (Å²) < 4.78 is 7.50. The van der Waals surface area contributed by atoms with Crippen molar-refractivity contribution in [2.24, 2.45) is 7.05 Å². The molecule has 0 spiro atoms. The van der Waals surface area contributed by atoms with Gasteiger partial charge < -0.3 is 10.1 Å². The highest BCUT2D eigenvalue weighted by molar-refractivity contribution is 6.40. The van der Waals surface area contributed by atoms with Crippen LogP contribution in [-0.2, 0) is 20.2 Å². The smallest absolute Gasteiger partial charge is 0.251 e. The van der Waals surface area contributed by atoms with Crippen molar-refractivity contribution in [3.05, 3.63) is 80.0 Å². The first-order chi connectivity index (χ1) is 13.3. The highest BCUT2D eigenvalue weighted by atomic mass is 35.5. The number of benzene rings is 2. The minimum atomic E-state index is -0.173. The molecule has 0 aliphatic carbocycles. The van der Waals surface area contributed by atoms with Crippen LogP contribution in [-0.4, -0.2) is 15.7 Å². The highest BCUT2D eigenvalue weighted by Gasteiger charge is 2.12. The zero-order chi connectivity index (χ0) is 20.3. The van der Waals surface area contributed by atoms with Gasteiger partial charge >= 0.3 is 0 Å². The number of aryl methyl sites for hydroxylation is 1. The van der Waals surface area contributed by atoms with Gasteiger partial charge in [-0.3, -0.25) is 9.48 Å². The van der Waals surface area contributed by atoms with Crippen LogP contribution >= 0.6 is 34.8 Å². The molecule has 0 radical (unpaired) electrons. The summed E-state index contributed by atoms with van der Waals surface area (Å²) in [4.78, 5) is 12.5. The number of rotatable bonds is 6. The van der Waals surface area contributed by atoms with Gasteiger partial charge in [-0.05, 0) is 36.8 Å². The minimum absolute atomic E-state index is 0.173. The molecule has 0 aliphatic rings. The predicted molar refractivity (Wildman–Crippen MR) is 111 cm³/mol. The average molecular weight is 439 g/mol. The lowest BCUT2D eigenvalue weighted by molar-refractivity contribution is 0.0950. The largest absolute Gasteiger partial charge is 0.486 e. The molecule has 28 heavy (non-hydrogen) atoms. The van der Waals surface area contributed by atoms with Crippen LogP contribution in [0, 0.1) is 6.92 Å². The number of nitrogens with zero attached hydrogens (tertiary/aromatic N) is 2. The van der Waals surface area contributed by atoms with Crippen molar-refractivity contribution in [1.82, 2.24) is 15.1 Å². The van der Waals surface area contributed by atoms with Crippen LogP contribution in [0.5, 0.6) is 5.75 Å². The summed E-state index contributed by atoms with van der Waals surface area (Å²) in [5.74, 6) is 0.183. The van der Waals surface area contributed by atoms with E-state index < -0.39 is 0 Å². The molecule has 3 aromatic rings. The Kier molecular flexibility index (Phi) is 6.50. The Balaban J connectivity index is 1.65. The summed E-state index contributed by atoms with van der Waals surface area (Å²) in [7, 11) is 1.86. The Morgan fingerprint density at radius 2 is 1.89 bits per heavy atom. The second-order valence-electron chi connectivity index (χ2n) is 6.25. The number of hydrogen-bond donors (Lipinski definition) is 1. The van der Waals surface area contributed by atoms with E-state index in [1.54, 1.807) is 41.2 Å². The Morgan fingerprint density at radius 1 is 1.18 bits per heavy atom. The van der Waals surface area contributed by atoms with Crippen LogP contribution in [0.3, 0.4) is 0 Å². The van der Waals surface area contributed by atoms with Crippen LogP contribution < -0.4 is 10.1 Å². The topological polar surface area (TPSA) is 56.1 Å². The van der Waals surface area contributed by atoms with Crippen molar-refractivity contribution in [3.63, 3.8) is 0 Å². The molecule has 5 nitrogen and oxygen atoms in total. The third kappa shape index (κ3) is 4.79. The summed E-state index contributed by atoms with van der Waals surface area (Å²) in [6, 6.07) is 10.3. The number of ether oxygens (including phenoxy) is 1. The van der Waals surface area contributed by atoms with E-state index in [0.717, 1.165) is 16.8 Å². The number of amides is 1. The fraction of sp³-hybridized carbons (Fsp3) is 0.200. The molecule has 1 amide bonds. The molecule has 0 aliphatic heterocycles. The van der Waals surface area contributed by atoms with E-state index in [2.05, 4.69) is 10.4 Å². The first-order valence-corrected chi connectivity index (χ1v) is 9.60. The molecule has 146 valence electrons. The first kappa shape index (κ1) is 20.5. The molecule has 0 saturated heterocycles. The summed E-state index contributed by atoms with van der Waals surface area (Å²) in [5, 5.41) is 8.18. The van der Waals surface area contributed by atoms with Gasteiger partial charge in [-0.25, -0.2) is 0 Å². The van der Waals surface area contributed by atoms with Crippen molar-refractivity contribution in [3.8, 4) is 5.75 Å². The van der Waals surface area contributed by atoms with Gasteiger partial charge in [0.1, 0.15) is 6.61 Å². The lowest BCUT2D eigenvalue weighted by Gasteiger charge is -2.11. The van der Waals surface area contributed by atoms with Gasteiger partial charge in [0.25, 0.3) is 5.91 Å². The van der Waals surface area contributed by atoms with Gasteiger partial charge in [0.2, 0.25) is 0 Å². The molecule has 1 aromatic heterocycles. The standard InChI is InChI=1S/C20H18Cl3N3O2/c1-12-15(10-25-26(12)2)9-24-20(27)14-5-3-4-13(6-14)11-28-19-17(22)7-16(21)8-18(19)23/h3-8,10H,9,11H2,1-2H3,(H,24,27). The number of nitrogens with one attached hydrogen (secondary N) is 1. The third-order valence-corrected chi connectivity index (χ3v) is 5.09. The van der Waals surface area contributed by atoms with Gasteiger partial charge in [-0.2, -0.15) is 5.10 Å². The molecule has 0 unspecified atom stereocenters. The van der Waals surface area contributed by atoms with Crippen molar-refractivity contribution in [1.29, 1.82) is 0 Å². The van der Waals surface area contributed by atoms with Gasteiger partial charge in [0.15, 0.2) is 5.75 Å². The van der Waals surface area contributed by atoms with Crippen molar-refractivity contribution in [2.75, 3.05) is 0 Å². The zero-order valence-corrected chi connectivity index (χ0v) is 17.6. The SMILES string of the molecule is Cc1c(CNC(=O)c2cccc(COc3c(Cl)cc(Cl)cc3Cl)c2)cnn1C. The maximum absolute atomic E-state index is 12.5. The van der Waals surface area contributed by atoms with Crippen LogP contribution in [0.25, 0.3) is 0 Å². The lowest BCUT2D eigenvalue weighted by Crippen LogP contribution is -2.23. The van der Waals surface area contributed by atoms with Gasteiger partial charge in [0.05, 0.1) is 16.2 Å². The Bertz CT molecular complexity index is 995. The van der Waals surface area contributed by atoms with E-state index in [1.807, 2.05) is 20.0 Å². The van der Waals surface area contributed by atoms with Crippen LogP contribution in [0.2, 0.25) is 15.1 Å². The number of carbonyl (C=O) groups is 1. The second-order valence-corrected chi connectivity index (χ2v) is 7.50. The van der Waals surface area contributed by atoms with E-state index in [9.17, 15) is 4.79 Å². The Labute approximate surface area is 178 Å². The van der Waals surface area contributed by atoms with Crippen molar-refractivity contribution >= 4 is 40.7 Å². The molecule has 0 bridgehead atoms. The summed E-state index contributed by atoms with van der Waals surface area (Å²) in [5.41, 5.74) is 3.34. The van der Waals surface area contributed by atoms with Crippen molar-refractivity contribution in [2.45, 2.75) is 20.1 Å². The molecule has 1 N–H and O–H groups in total. The van der Waals surface area contributed by atoms with E-state index in [4.69, 9.17) is 39.5 Å². The van der Waals surface area contributed by atoms with E-state index in [1.165, 1.54) is 0 Å². The molecular formula is C20H18Cl3N3O2. The van der Waals surface area contributed by atoms with Gasteiger partial charge in [0, 0.05) is 35.4 Å².